The number of carbonyl (C=O) groups excluding carboxylic acids is 1. The van der Waals surface area contributed by atoms with Gasteiger partial charge in [0.25, 0.3) is 0 Å². The van der Waals surface area contributed by atoms with Crippen LogP contribution in [-0.4, -0.2) is 33.3 Å². The largest absolute Gasteiger partial charge is 0.493 e. The molecular weight excluding hydrogens is 414 g/mol. The molecule has 0 spiro atoms. The van der Waals surface area contributed by atoms with Gasteiger partial charge in [-0.2, -0.15) is 0 Å². The highest BCUT2D eigenvalue weighted by Crippen LogP contribution is 2.37. The topological polar surface area (TPSA) is 56.8 Å². The molecule has 1 aromatic rings. The van der Waals surface area contributed by atoms with Crippen LogP contribution < -0.4 is 19.5 Å². The molecule has 0 unspecified atom stereocenters. The average Bonchev–Trinajstić information content (AvgIpc) is 2.79. The molecule has 0 aromatic heterocycles. The second-order valence-electron chi connectivity index (χ2n) is 7.44. The Morgan fingerprint density at radius 2 is 1.55 bits per heavy atom. The highest BCUT2D eigenvalue weighted by molar-refractivity contribution is 5.94. The van der Waals surface area contributed by atoms with E-state index < -0.39 is 5.97 Å². The van der Waals surface area contributed by atoms with Crippen LogP contribution in [0.15, 0.2) is 54.2 Å². The zero-order valence-corrected chi connectivity index (χ0v) is 22.3. The standard InChI is InChI=1S/C22H31NO4.2C3H8/c1-6-8-9-14-23-16-17(3)15-18(11-7-2)22(24)27-21-19(25-4)12-10-13-20(21)26-5;2*1-3-2/h7,10-13,15,23H,3,6,8-9,14,16H2,1-2,4-5H3;2*3H2,1-2H3/b11-7-,18-15+;;. The number of allylic oxidation sites excluding steroid dienone is 1. The summed E-state index contributed by atoms with van der Waals surface area (Å²) in [6.45, 7) is 18.1. The fraction of sp³-hybridized carbons (Fsp3) is 0.536. The number of methoxy groups -OCH3 is 2. The molecule has 5 nitrogen and oxygen atoms in total. The van der Waals surface area contributed by atoms with Crippen molar-refractivity contribution in [2.75, 3.05) is 27.3 Å². The number of ether oxygens (including phenoxy) is 3. The van der Waals surface area contributed by atoms with Crippen LogP contribution in [0, 0.1) is 0 Å². The summed E-state index contributed by atoms with van der Waals surface area (Å²) < 4.78 is 16.1. The summed E-state index contributed by atoms with van der Waals surface area (Å²) in [6.07, 6.45) is 11.2. The van der Waals surface area contributed by atoms with Gasteiger partial charge in [0.05, 0.1) is 19.8 Å². The first-order valence-corrected chi connectivity index (χ1v) is 12.1. The number of carbonyl (C=O) groups is 1. The van der Waals surface area contributed by atoms with E-state index in [-0.39, 0.29) is 5.75 Å². The fourth-order valence-electron chi connectivity index (χ4n) is 2.44. The summed E-state index contributed by atoms with van der Waals surface area (Å²) in [6, 6.07) is 5.19. The van der Waals surface area contributed by atoms with Gasteiger partial charge in [-0.15, -0.1) is 0 Å². The van der Waals surface area contributed by atoms with Crippen molar-refractivity contribution >= 4 is 5.97 Å². The summed E-state index contributed by atoms with van der Waals surface area (Å²) >= 11 is 0. The molecule has 188 valence electrons. The van der Waals surface area contributed by atoms with Crippen LogP contribution in [-0.2, 0) is 4.79 Å². The Labute approximate surface area is 202 Å². The summed E-state index contributed by atoms with van der Waals surface area (Å²) in [7, 11) is 3.03. The van der Waals surface area contributed by atoms with Gasteiger partial charge in [-0.1, -0.05) is 85.1 Å². The number of nitrogens with one attached hydrogen (secondary N) is 1. The Kier molecular flexibility index (Phi) is 22.4. The minimum atomic E-state index is -0.497. The molecule has 5 heteroatoms. The van der Waals surface area contributed by atoms with Crippen LogP contribution in [0.2, 0.25) is 0 Å². The average molecular weight is 462 g/mol. The van der Waals surface area contributed by atoms with Crippen molar-refractivity contribution in [3.05, 3.63) is 54.2 Å². The van der Waals surface area contributed by atoms with Crippen molar-refractivity contribution in [2.24, 2.45) is 0 Å². The van der Waals surface area contributed by atoms with E-state index in [4.69, 9.17) is 14.2 Å². The lowest BCUT2D eigenvalue weighted by Gasteiger charge is -2.13. The molecule has 0 bridgehead atoms. The van der Waals surface area contributed by atoms with Gasteiger partial charge < -0.3 is 19.5 Å². The van der Waals surface area contributed by atoms with Crippen LogP contribution in [0.1, 0.15) is 73.6 Å². The predicted molar refractivity (Wildman–Crippen MR) is 142 cm³/mol. The maximum atomic E-state index is 12.7. The van der Waals surface area contributed by atoms with Gasteiger partial charge in [0.2, 0.25) is 5.75 Å². The van der Waals surface area contributed by atoms with E-state index >= 15 is 0 Å². The van der Waals surface area contributed by atoms with E-state index in [0.717, 1.165) is 18.5 Å². The maximum absolute atomic E-state index is 12.7. The van der Waals surface area contributed by atoms with Crippen molar-refractivity contribution in [1.29, 1.82) is 0 Å². The lowest BCUT2D eigenvalue weighted by atomic mass is 10.1. The normalized spacial score (nSPS) is 10.5. The van der Waals surface area contributed by atoms with Crippen LogP contribution >= 0.6 is 0 Å². The molecule has 0 aliphatic heterocycles. The highest BCUT2D eigenvalue weighted by Gasteiger charge is 2.17. The van der Waals surface area contributed by atoms with E-state index in [2.05, 4.69) is 46.5 Å². The number of para-hydroxylation sites is 1. The van der Waals surface area contributed by atoms with Crippen molar-refractivity contribution < 1.29 is 19.0 Å². The van der Waals surface area contributed by atoms with Crippen LogP contribution in [0.25, 0.3) is 0 Å². The first kappa shape index (κ1) is 32.6. The third kappa shape index (κ3) is 15.8. The van der Waals surface area contributed by atoms with Gasteiger partial charge in [-0.25, -0.2) is 4.79 Å². The number of benzene rings is 1. The van der Waals surface area contributed by atoms with Gasteiger partial charge in [0.1, 0.15) is 0 Å². The number of unbranched alkanes of at least 4 members (excludes halogenated alkanes) is 2. The monoisotopic (exact) mass is 461 g/mol. The minimum absolute atomic E-state index is 0.256. The van der Waals surface area contributed by atoms with Crippen molar-refractivity contribution in [3.63, 3.8) is 0 Å². The van der Waals surface area contributed by atoms with E-state index in [1.165, 1.54) is 39.9 Å². The quantitative estimate of drug-likeness (QED) is 0.116. The zero-order valence-electron chi connectivity index (χ0n) is 22.3. The van der Waals surface area contributed by atoms with Gasteiger partial charge in [-0.3, -0.25) is 0 Å². The Balaban J connectivity index is 0. The lowest BCUT2D eigenvalue weighted by molar-refractivity contribution is -0.130. The van der Waals surface area contributed by atoms with E-state index in [1.807, 2.05) is 6.92 Å². The summed E-state index contributed by atoms with van der Waals surface area (Å²) in [5, 5.41) is 3.33. The maximum Gasteiger partial charge on any atom is 0.343 e. The molecule has 1 aromatic carbocycles. The molecule has 0 radical (unpaired) electrons. The van der Waals surface area contributed by atoms with Gasteiger partial charge >= 0.3 is 5.97 Å². The Morgan fingerprint density at radius 1 is 1.00 bits per heavy atom. The summed E-state index contributed by atoms with van der Waals surface area (Å²) in [5.41, 5.74) is 1.22. The molecule has 0 fully saturated rings. The molecule has 0 saturated carbocycles. The van der Waals surface area contributed by atoms with Crippen molar-refractivity contribution in [2.45, 2.75) is 73.6 Å². The molecule has 0 aliphatic rings. The predicted octanol–water partition coefficient (Wildman–Crippen LogP) is 7.28. The smallest absolute Gasteiger partial charge is 0.343 e. The zero-order chi connectivity index (χ0) is 25.5. The van der Waals surface area contributed by atoms with Crippen molar-refractivity contribution in [1.82, 2.24) is 5.32 Å². The molecular formula is C28H47NO4. The minimum Gasteiger partial charge on any atom is -0.493 e. The second-order valence-corrected chi connectivity index (χ2v) is 7.44. The first-order chi connectivity index (χ1) is 15.9. The fourth-order valence-corrected chi connectivity index (χ4v) is 2.44. The second kappa shape index (κ2) is 22.7. The molecule has 0 aliphatic carbocycles. The molecule has 0 saturated heterocycles. The van der Waals surface area contributed by atoms with E-state index in [9.17, 15) is 4.79 Å². The first-order valence-electron chi connectivity index (χ1n) is 12.1. The number of esters is 1. The third-order valence-corrected chi connectivity index (χ3v) is 3.83. The Hall–Kier alpha value is -2.53. The van der Waals surface area contributed by atoms with Gasteiger partial charge in [0, 0.05) is 6.54 Å². The highest BCUT2D eigenvalue weighted by atomic mass is 16.6. The number of hydrogen-bond donors (Lipinski definition) is 1. The molecule has 1 rings (SSSR count). The lowest BCUT2D eigenvalue weighted by Crippen LogP contribution is -2.18. The SMILES string of the molecule is C=C(/C=C(\C=C/C)C(=O)Oc1c(OC)cccc1OC)CNCCCCC.CCC.CCC. The summed E-state index contributed by atoms with van der Waals surface area (Å²) in [5.74, 6) is 0.618. The van der Waals surface area contributed by atoms with Crippen molar-refractivity contribution in [3.8, 4) is 17.2 Å². The van der Waals surface area contributed by atoms with Crippen LogP contribution in [0.4, 0.5) is 0 Å². The summed E-state index contributed by atoms with van der Waals surface area (Å²) in [4.78, 5) is 12.7. The van der Waals surface area contributed by atoms with Gasteiger partial charge in [-0.05, 0) is 43.7 Å². The molecule has 0 atom stereocenters. The Bertz CT molecular complexity index is 684. The molecule has 33 heavy (non-hydrogen) atoms. The molecule has 1 N–H and O–H groups in total. The van der Waals surface area contributed by atoms with E-state index in [1.54, 1.807) is 36.4 Å². The third-order valence-electron chi connectivity index (χ3n) is 3.83. The van der Waals surface area contributed by atoms with Crippen LogP contribution in [0.3, 0.4) is 0 Å². The Morgan fingerprint density at radius 3 is 2.00 bits per heavy atom. The van der Waals surface area contributed by atoms with Crippen LogP contribution in [0.5, 0.6) is 17.2 Å². The van der Waals surface area contributed by atoms with Gasteiger partial charge in [0.15, 0.2) is 11.5 Å². The number of hydrogen-bond acceptors (Lipinski definition) is 5. The molecule has 0 amide bonds. The van der Waals surface area contributed by atoms with E-state index in [0.29, 0.717) is 23.6 Å². The number of rotatable bonds is 12. The molecule has 0 heterocycles.